The van der Waals surface area contributed by atoms with E-state index in [0.29, 0.717) is 36.8 Å². The van der Waals surface area contributed by atoms with Gasteiger partial charge in [-0.15, -0.1) is 0 Å². The monoisotopic (exact) mass is 478 g/mol. The van der Waals surface area contributed by atoms with Crippen LogP contribution in [0.4, 0.5) is 0 Å². The topological polar surface area (TPSA) is 79.3 Å². The normalized spacial score (nSPS) is 17.2. The number of Topliss-reactive ketones (excluding diaryl/α,β-unsaturated/α-hetero) is 1. The van der Waals surface area contributed by atoms with Gasteiger partial charge in [-0.05, 0) is 61.5 Å². The summed E-state index contributed by atoms with van der Waals surface area (Å²) in [5.41, 5.74) is 2.06. The van der Waals surface area contributed by atoms with E-state index in [0.717, 1.165) is 24.2 Å². The Morgan fingerprint density at radius 1 is 1.14 bits per heavy atom. The molecule has 35 heavy (non-hydrogen) atoms. The van der Waals surface area contributed by atoms with Crippen molar-refractivity contribution in [2.45, 2.75) is 26.8 Å². The minimum absolute atomic E-state index is 0.0823. The van der Waals surface area contributed by atoms with Crippen LogP contribution in [0.15, 0.2) is 60.7 Å². The molecular weight excluding hydrogens is 444 g/mol. The quantitative estimate of drug-likeness (QED) is 0.224. The molecule has 0 saturated carbocycles. The number of aryl methyl sites for hydroxylation is 1. The van der Waals surface area contributed by atoms with Crippen molar-refractivity contribution in [1.29, 1.82) is 0 Å². The molecule has 7 nitrogen and oxygen atoms in total. The Morgan fingerprint density at radius 2 is 1.83 bits per heavy atom. The number of benzene rings is 2. The van der Waals surface area contributed by atoms with Gasteiger partial charge < -0.3 is 24.4 Å². The molecule has 1 heterocycles. The van der Waals surface area contributed by atoms with Crippen molar-refractivity contribution in [3.63, 3.8) is 0 Å². The number of likely N-dealkylation sites (N-methyl/N-ethyl adjacent to an activating group) is 1. The second-order valence-corrected chi connectivity index (χ2v) is 8.37. The number of nitrogens with zero attached hydrogens (tertiary/aromatic N) is 2. The summed E-state index contributed by atoms with van der Waals surface area (Å²) in [6, 6.07) is 11.7. The van der Waals surface area contributed by atoms with Crippen LogP contribution in [0.2, 0.25) is 0 Å². The van der Waals surface area contributed by atoms with Crippen LogP contribution in [0.1, 0.15) is 36.6 Å². The van der Waals surface area contributed by atoms with Gasteiger partial charge in [0.1, 0.15) is 23.9 Å². The van der Waals surface area contributed by atoms with E-state index in [2.05, 4.69) is 25.3 Å². The molecule has 0 aromatic heterocycles. The molecule has 2 aromatic rings. The number of hydrogen-bond acceptors (Lipinski definition) is 6. The first kappa shape index (κ1) is 26.0. The molecule has 1 fully saturated rings. The number of aliphatic hydroxyl groups is 1. The zero-order chi connectivity index (χ0) is 25.5. The van der Waals surface area contributed by atoms with Crippen LogP contribution >= 0.6 is 0 Å². The predicted molar refractivity (Wildman–Crippen MR) is 137 cm³/mol. The summed E-state index contributed by atoms with van der Waals surface area (Å²) in [6.07, 6.45) is 1.65. The second kappa shape index (κ2) is 11.7. The van der Waals surface area contributed by atoms with Gasteiger partial charge >= 0.3 is 0 Å². The van der Waals surface area contributed by atoms with Gasteiger partial charge in [-0.2, -0.15) is 0 Å². The van der Waals surface area contributed by atoms with Crippen molar-refractivity contribution in [2.75, 3.05) is 39.9 Å². The standard InChI is InChI=1S/C28H34N2O5/c1-6-17-35-23-14-11-21(18-19(23)4)26(31)24-25(20-9-12-22(34-5)13-10-20)30(28(33)27(24)32)16-15-29(7-2)8-3/h6,9-14,18,25,31H,1,7-8,15-17H2,2-5H3/b26-24+. The van der Waals surface area contributed by atoms with Crippen molar-refractivity contribution < 1.29 is 24.2 Å². The van der Waals surface area contributed by atoms with E-state index < -0.39 is 17.7 Å². The van der Waals surface area contributed by atoms with Gasteiger partial charge in [0, 0.05) is 18.7 Å². The van der Waals surface area contributed by atoms with Gasteiger partial charge in [-0.25, -0.2) is 0 Å². The minimum Gasteiger partial charge on any atom is -0.507 e. The van der Waals surface area contributed by atoms with Crippen LogP contribution in [-0.4, -0.2) is 66.5 Å². The molecule has 0 spiro atoms. The number of rotatable bonds is 11. The molecule has 1 aliphatic heterocycles. The Morgan fingerprint density at radius 3 is 2.40 bits per heavy atom. The van der Waals surface area contributed by atoms with Crippen molar-refractivity contribution in [1.82, 2.24) is 9.80 Å². The molecule has 0 aliphatic carbocycles. The first-order chi connectivity index (χ1) is 16.9. The molecule has 186 valence electrons. The van der Waals surface area contributed by atoms with E-state index in [-0.39, 0.29) is 11.3 Å². The number of carbonyl (C=O) groups excluding carboxylic acids is 2. The van der Waals surface area contributed by atoms with E-state index >= 15 is 0 Å². The average Bonchev–Trinajstić information content (AvgIpc) is 3.13. The maximum absolute atomic E-state index is 13.2. The minimum atomic E-state index is -0.700. The summed E-state index contributed by atoms with van der Waals surface area (Å²) in [4.78, 5) is 30.1. The first-order valence-electron chi connectivity index (χ1n) is 11.9. The highest BCUT2D eigenvalue weighted by atomic mass is 16.5. The fourth-order valence-electron chi connectivity index (χ4n) is 4.30. The summed E-state index contributed by atoms with van der Waals surface area (Å²) in [7, 11) is 1.58. The van der Waals surface area contributed by atoms with Crippen molar-refractivity contribution >= 4 is 17.4 Å². The Balaban J connectivity index is 2.07. The molecule has 2 aromatic carbocycles. The number of ketones is 1. The van der Waals surface area contributed by atoms with Gasteiger partial charge in [0.25, 0.3) is 11.7 Å². The van der Waals surface area contributed by atoms with Gasteiger partial charge in [0.15, 0.2) is 0 Å². The lowest BCUT2D eigenvalue weighted by molar-refractivity contribution is -0.140. The van der Waals surface area contributed by atoms with Gasteiger partial charge in [-0.1, -0.05) is 38.6 Å². The summed E-state index contributed by atoms with van der Waals surface area (Å²) >= 11 is 0. The summed E-state index contributed by atoms with van der Waals surface area (Å²) in [6.45, 7) is 12.7. The van der Waals surface area contributed by atoms with E-state index in [1.54, 1.807) is 48.4 Å². The van der Waals surface area contributed by atoms with Gasteiger partial charge in [-0.3, -0.25) is 9.59 Å². The number of hydrogen-bond donors (Lipinski definition) is 1. The van der Waals surface area contributed by atoms with Crippen LogP contribution in [0.25, 0.3) is 5.76 Å². The number of amides is 1. The summed E-state index contributed by atoms with van der Waals surface area (Å²) in [5, 5.41) is 11.3. The highest BCUT2D eigenvalue weighted by Gasteiger charge is 2.46. The van der Waals surface area contributed by atoms with Crippen LogP contribution < -0.4 is 9.47 Å². The zero-order valence-corrected chi connectivity index (χ0v) is 20.9. The molecule has 0 radical (unpaired) electrons. The van der Waals surface area contributed by atoms with E-state index in [4.69, 9.17) is 9.47 Å². The SMILES string of the molecule is C=CCOc1ccc(/C(O)=C2\C(=O)C(=O)N(CCN(CC)CC)C2c2ccc(OC)cc2)cc1C. The molecule has 1 N–H and O–H groups in total. The van der Waals surface area contributed by atoms with E-state index in [9.17, 15) is 14.7 Å². The third-order valence-corrected chi connectivity index (χ3v) is 6.33. The number of carbonyl (C=O) groups is 2. The fourth-order valence-corrected chi connectivity index (χ4v) is 4.30. The van der Waals surface area contributed by atoms with Gasteiger partial charge in [0.2, 0.25) is 0 Å². The predicted octanol–water partition coefficient (Wildman–Crippen LogP) is 4.33. The molecular formula is C28H34N2O5. The molecule has 1 atom stereocenters. The summed E-state index contributed by atoms with van der Waals surface area (Å²) in [5.74, 6) is -0.171. The molecule has 1 amide bonds. The van der Waals surface area contributed by atoms with Gasteiger partial charge in [0.05, 0.1) is 18.7 Å². The van der Waals surface area contributed by atoms with Crippen molar-refractivity contribution in [3.8, 4) is 11.5 Å². The highest BCUT2D eigenvalue weighted by molar-refractivity contribution is 6.46. The average molecular weight is 479 g/mol. The Labute approximate surface area is 207 Å². The maximum Gasteiger partial charge on any atom is 0.295 e. The molecule has 1 saturated heterocycles. The summed E-state index contributed by atoms with van der Waals surface area (Å²) < 4.78 is 10.9. The first-order valence-corrected chi connectivity index (χ1v) is 11.9. The third-order valence-electron chi connectivity index (χ3n) is 6.33. The smallest absolute Gasteiger partial charge is 0.295 e. The lowest BCUT2D eigenvalue weighted by Gasteiger charge is -2.28. The molecule has 0 bridgehead atoms. The Hall–Kier alpha value is -3.58. The van der Waals surface area contributed by atoms with Crippen LogP contribution in [0.5, 0.6) is 11.5 Å². The zero-order valence-electron chi connectivity index (χ0n) is 20.9. The fraction of sp³-hybridized carbons (Fsp3) is 0.357. The molecule has 3 rings (SSSR count). The third kappa shape index (κ3) is 5.57. The lowest BCUT2D eigenvalue weighted by atomic mass is 9.94. The molecule has 1 aliphatic rings. The van der Waals surface area contributed by atoms with Crippen molar-refractivity contribution in [3.05, 3.63) is 77.4 Å². The maximum atomic E-state index is 13.2. The number of methoxy groups -OCH3 is 1. The van der Waals surface area contributed by atoms with Crippen molar-refractivity contribution in [2.24, 2.45) is 0 Å². The number of aliphatic hydroxyl groups excluding tert-OH is 1. The molecule has 1 unspecified atom stereocenters. The van der Waals surface area contributed by atoms with E-state index in [1.807, 2.05) is 19.1 Å². The lowest BCUT2D eigenvalue weighted by Crippen LogP contribution is -2.38. The van der Waals surface area contributed by atoms with E-state index in [1.165, 1.54) is 0 Å². The Bertz CT molecular complexity index is 1100. The van der Waals surface area contributed by atoms with Crippen LogP contribution in [0, 0.1) is 6.92 Å². The largest absolute Gasteiger partial charge is 0.507 e. The second-order valence-electron chi connectivity index (χ2n) is 8.37. The van der Waals surface area contributed by atoms with Crippen LogP contribution in [0.3, 0.4) is 0 Å². The molecule has 7 heteroatoms. The number of ether oxygens (including phenoxy) is 2. The number of likely N-dealkylation sites (tertiary alicyclic amines) is 1. The van der Waals surface area contributed by atoms with Crippen LogP contribution in [-0.2, 0) is 9.59 Å². The highest BCUT2D eigenvalue weighted by Crippen LogP contribution is 2.40. The Kier molecular flexibility index (Phi) is 8.71.